The zero-order valence-corrected chi connectivity index (χ0v) is 9.06. The number of carboxylic acids is 1. The maximum atomic E-state index is 10.7. The van der Waals surface area contributed by atoms with Crippen LogP contribution in [0.5, 0.6) is 0 Å². The first-order valence-corrected chi connectivity index (χ1v) is 5.88. The van der Waals surface area contributed by atoms with E-state index >= 15 is 0 Å². The summed E-state index contributed by atoms with van der Waals surface area (Å²) in [4.78, 5) is 13.2. The van der Waals surface area contributed by atoms with Crippen LogP contribution < -0.4 is 5.73 Å². The highest BCUT2D eigenvalue weighted by Crippen LogP contribution is 2.39. The fourth-order valence-electron chi connectivity index (χ4n) is 3.31. The Hall–Kier alpha value is -0.610. The molecule has 2 aliphatic heterocycles. The van der Waals surface area contributed by atoms with Gasteiger partial charge in [-0.3, -0.25) is 9.69 Å². The molecule has 2 rings (SSSR count). The summed E-state index contributed by atoms with van der Waals surface area (Å²) in [5.41, 5.74) is 5.59. The Morgan fingerprint density at radius 1 is 1.33 bits per heavy atom. The van der Waals surface area contributed by atoms with E-state index in [2.05, 4.69) is 4.90 Å². The third-order valence-corrected chi connectivity index (χ3v) is 3.83. The summed E-state index contributed by atoms with van der Waals surface area (Å²) in [6.07, 6.45) is 4.94. The SMILES string of the molecule is NCCN1C2CCC1CC(CC(=O)O)C2. The molecule has 0 aromatic carbocycles. The van der Waals surface area contributed by atoms with Crippen molar-refractivity contribution in [1.29, 1.82) is 0 Å². The second-order valence-electron chi connectivity index (χ2n) is 4.85. The van der Waals surface area contributed by atoms with Crippen LogP contribution in [-0.2, 0) is 4.79 Å². The van der Waals surface area contributed by atoms with Crippen LogP contribution in [-0.4, -0.2) is 41.1 Å². The fraction of sp³-hybridized carbons (Fsp3) is 0.909. The third-order valence-electron chi connectivity index (χ3n) is 3.83. The van der Waals surface area contributed by atoms with Crippen LogP contribution in [0, 0.1) is 5.92 Å². The minimum Gasteiger partial charge on any atom is -0.481 e. The predicted octanol–water partition coefficient (Wildman–Crippen LogP) is 0.663. The van der Waals surface area contributed by atoms with Crippen LogP contribution >= 0.6 is 0 Å². The molecular formula is C11H20N2O2. The van der Waals surface area contributed by atoms with Crippen molar-refractivity contribution in [2.75, 3.05) is 13.1 Å². The second kappa shape index (κ2) is 4.49. The molecular weight excluding hydrogens is 192 g/mol. The Balaban J connectivity index is 1.92. The summed E-state index contributed by atoms with van der Waals surface area (Å²) in [5, 5.41) is 8.79. The molecule has 15 heavy (non-hydrogen) atoms. The molecule has 0 aromatic heterocycles. The first kappa shape index (κ1) is 10.9. The number of rotatable bonds is 4. The van der Waals surface area contributed by atoms with Gasteiger partial charge in [-0.05, 0) is 31.6 Å². The van der Waals surface area contributed by atoms with Gasteiger partial charge in [-0.2, -0.15) is 0 Å². The van der Waals surface area contributed by atoms with Gasteiger partial charge in [-0.15, -0.1) is 0 Å². The van der Waals surface area contributed by atoms with E-state index in [-0.39, 0.29) is 0 Å². The summed E-state index contributed by atoms with van der Waals surface area (Å²) in [6, 6.07) is 1.22. The Morgan fingerprint density at radius 2 is 1.93 bits per heavy atom. The molecule has 86 valence electrons. The predicted molar refractivity (Wildman–Crippen MR) is 57.5 cm³/mol. The van der Waals surface area contributed by atoms with Gasteiger partial charge in [0.25, 0.3) is 0 Å². The van der Waals surface area contributed by atoms with Crippen molar-refractivity contribution in [3.8, 4) is 0 Å². The number of nitrogens with two attached hydrogens (primary N) is 1. The second-order valence-corrected chi connectivity index (χ2v) is 4.85. The summed E-state index contributed by atoms with van der Waals surface area (Å²) in [5.74, 6) is -0.249. The molecule has 2 atom stereocenters. The van der Waals surface area contributed by atoms with Gasteiger partial charge in [0.1, 0.15) is 0 Å². The zero-order valence-electron chi connectivity index (χ0n) is 9.06. The molecule has 0 amide bonds. The monoisotopic (exact) mass is 212 g/mol. The van der Waals surface area contributed by atoms with Crippen LogP contribution in [0.1, 0.15) is 32.1 Å². The highest BCUT2D eigenvalue weighted by Gasteiger charge is 2.40. The van der Waals surface area contributed by atoms with Crippen molar-refractivity contribution in [3.63, 3.8) is 0 Å². The fourth-order valence-corrected chi connectivity index (χ4v) is 3.31. The summed E-state index contributed by atoms with van der Waals surface area (Å²) in [7, 11) is 0. The minimum absolute atomic E-state index is 0.351. The van der Waals surface area contributed by atoms with Gasteiger partial charge in [0.05, 0.1) is 0 Å². The van der Waals surface area contributed by atoms with Crippen LogP contribution in [0.25, 0.3) is 0 Å². The van der Waals surface area contributed by atoms with E-state index in [1.165, 1.54) is 12.8 Å². The highest BCUT2D eigenvalue weighted by molar-refractivity contribution is 5.67. The standard InChI is InChI=1S/C11H20N2O2/c12-3-4-13-9-1-2-10(13)6-8(5-9)7-11(14)15/h8-10H,1-7,12H2,(H,14,15). The molecule has 0 radical (unpaired) electrons. The van der Waals surface area contributed by atoms with Crippen molar-refractivity contribution in [1.82, 2.24) is 4.90 Å². The maximum Gasteiger partial charge on any atom is 0.303 e. The molecule has 2 heterocycles. The first-order valence-electron chi connectivity index (χ1n) is 5.88. The lowest BCUT2D eigenvalue weighted by Gasteiger charge is -2.38. The highest BCUT2D eigenvalue weighted by atomic mass is 16.4. The average molecular weight is 212 g/mol. The van der Waals surface area contributed by atoms with Crippen LogP contribution in [0.3, 0.4) is 0 Å². The van der Waals surface area contributed by atoms with Gasteiger partial charge in [0, 0.05) is 31.6 Å². The quantitative estimate of drug-likeness (QED) is 0.718. The number of hydrogen-bond donors (Lipinski definition) is 2. The molecule has 3 N–H and O–H groups in total. The Morgan fingerprint density at radius 3 is 2.40 bits per heavy atom. The van der Waals surface area contributed by atoms with Crippen molar-refractivity contribution >= 4 is 5.97 Å². The summed E-state index contributed by atoms with van der Waals surface area (Å²) < 4.78 is 0. The van der Waals surface area contributed by atoms with Gasteiger partial charge in [-0.1, -0.05) is 0 Å². The van der Waals surface area contributed by atoms with E-state index in [4.69, 9.17) is 10.8 Å². The Kier molecular flexibility index (Phi) is 3.26. The largest absolute Gasteiger partial charge is 0.481 e. The molecule has 4 nitrogen and oxygen atoms in total. The van der Waals surface area contributed by atoms with Crippen molar-refractivity contribution in [2.24, 2.45) is 11.7 Å². The normalized spacial score (nSPS) is 35.7. The van der Waals surface area contributed by atoms with Crippen LogP contribution in [0.2, 0.25) is 0 Å². The van der Waals surface area contributed by atoms with Gasteiger partial charge in [0.2, 0.25) is 0 Å². The number of nitrogens with zero attached hydrogens (tertiary/aromatic N) is 1. The number of fused-ring (bicyclic) bond motifs is 2. The molecule has 0 aromatic rings. The molecule has 4 heteroatoms. The lowest BCUT2D eigenvalue weighted by Crippen LogP contribution is -2.45. The molecule has 2 unspecified atom stereocenters. The minimum atomic E-state index is -0.647. The van der Waals surface area contributed by atoms with Crippen LogP contribution in [0.15, 0.2) is 0 Å². The molecule has 0 aliphatic carbocycles. The zero-order chi connectivity index (χ0) is 10.8. The number of carboxylic acid groups (broad SMARTS) is 1. The van der Waals surface area contributed by atoms with Crippen molar-refractivity contribution in [3.05, 3.63) is 0 Å². The molecule has 0 spiro atoms. The molecule has 2 fully saturated rings. The average Bonchev–Trinajstić information content (AvgIpc) is 2.43. The molecule has 0 saturated carbocycles. The third kappa shape index (κ3) is 2.32. The topological polar surface area (TPSA) is 66.6 Å². The van der Waals surface area contributed by atoms with E-state index < -0.39 is 5.97 Å². The lowest BCUT2D eigenvalue weighted by molar-refractivity contribution is -0.138. The van der Waals surface area contributed by atoms with Gasteiger partial charge in [0.15, 0.2) is 0 Å². The number of carbonyl (C=O) groups is 1. The maximum absolute atomic E-state index is 10.7. The van der Waals surface area contributed by atoms with Gasteiger partial charge in [-0.25, -0.2) is 0 Å². The van der Waals surface area contributed by atoms with Gasteiger partial charge >= 0.3 is 5.97 Å². The Labute approximate surface area is 90.4 Å². The van der Waals surface area contributed by atoms with E-state index in [1.54, 1.807) is 0 Å². The smallest absolute Gasteiger partial charge is 0.303 e. The number of aliphatic carboxylic acids is 1. The lowest BCUT2D eigenvalue weighted by atomic mass is 9.88. The molecule has 2 aliphatic rings. The van der Waals surface area contributed by atoms with E-state index in [9.17, 15) is 4.79 Å². The number of hydrogen-bond acceptors (Lipinski definition) is 3. The van der Waals surface area contributed by atoms with E-state index in [0.717, 1.165) is 25.9 Å². The Bertz CT molecular complexity index is 231. The van der Waals surface area contributed by atoms with Crippen molar-refractivity contribution < 1.29 is 9.90 Å². The summed E-state index contributed by atoms with van der Waals surface area (Å²) >= 11 is 0. The summed E-state index contributed by atoms with van der Waals surface area (Å²) in [6.45, 7) is 1.70. The van der Waals surface area contributed by atoms with Gasteiger partial charge < -0.3 is 10.8 Å². The van der Waals surface area contributed by atoms with E-state index in [1.807, 2.05) is 0 Å². The first-order chi connectivity index (χ1) is 7.20. The van der Waals surface area contributed by atoms with Crippen LogP contribution in [0.4, 0.5) is 0 Å². The van der Waals surface area contributed by atoms with E-state index in [0.29, 0.717) is 24.4 Å². The molecule has 2 bridgehead atoms. The number of piperidine rings is 1. The van der Waals surface area contributed by atoms with Crippen molar-refractivity contribution in [2.45, 2.75) is 44.2 Å². The molecule has 2 saturated heterocycles.